The van der Waals surface area contributed by atoms with E-state index in [2.05, 4.69) is 20.7 Å². The van der Waals surface area contributed by atoms with Crippen molar-refractivity contribution in [2.45, 2.75) is 31.6 Å². The molecule has 1 atom stereocenters. The fourth-order valence-corrected chi connectivity index (χ4v) is 3.49. The zero-order chi connectivity index (χ0) is 18.9. The van der Waals surface area contributed by atoms with Gasteiger partial charge in [0.2, 0.25) is 11.9 Å². The van der Waals surface area contributed by atoms with Crippen LogP contribution >= 0.6 is 0 Å². The van der Waals surface area contributed by atoms with E-state index in [0.717, 1.165) is 36.2 Å². The maximum atomic E-state index is 13.1. The standard InChI is InChI=1S/C20H22N6O/c1-20(18(27)23-16-10-12-26(2)25-16)11-6-7-14-13-21-19(24-17(14)20)22-15-8-4-3-5-9-15/h3-5,8-10,12-13H,6-7,11H2,1-2H3,(H,21,22,24)(H,23,25,27). The van der Waals surface area contributed by atoms with E-state index >= 15 is 0 Å². The van der Waals surface area contributed by atoms with Crippen molar-refractivity contribution in [3.63, 3.8) is 0 Å². The van der Waals surface area contributed by atoms with Gasteiger partial charge >= 0.3 is 0 Å². The summed E-state index contributed by atoms with van der Waals surface area (Å²) in [4.78, 5) is 22.2. The molecule has 27 heavy (non-hydrogen) atoms. The zero-order valence-corrected chi connectivity index (χ0v) is 15.4. The summed E-state index contributed by atoms with van der Waals surface area (Å²) >= 11 is 0. The van der Waals surface area contributed by atoms with Crippen LogP contribution in [0, 0.1) is 0 Å². The van der Waals surface area contributed by atoms with Gasteiger partial charge in [0.15, 0.2) is 5.82 Å². The Morgan fingerprint density at radius 2 is 2.04 bits per heavy atom. The topological polar surface area (TPSA) is 84.7 Å². The monoisotopic (exact) mass is 362 g/mol. The molecule has 2 N–H and O–H groups in total. The van der Waals surface area contributed by atoms with Crippen molar-refractivity contribution >= 4 is 23.4 Å². The number of carbonyl (C=O) groups is 1. The van der Waals surface area contributed by atoms with Crippen LogP contribution in [-0.4, -0.2) is 25.7 Å². The van der Waals surface area contributed by atoms with Crippen molar-refractivity contribution in [2.24, 2.45) is 7.05 Å². The highest BCUT2D eigenvalue weighted by atomic mass is 16.2. The van der Waals surface area contributed by atoms with Gasteiger partial charge in [0.1, 0.15) is 0 Å². The van der Waals surface area contributed by atoms with Crippen LogP contribution < -0.4 is 10.6 Å². The second kappa shape index (κ2) is 6.83. The van der Waals surface area contributed by atoms with Crippen molar-refractivity contribution in [3.8, 4) is 0 Å². The van der Waals surface area contributed by atoms with Crippen LogP contribution in [0.5, 0.6) is 0 Å². The Morgan fingerprint density at radius 1 is 1.22 bits per heavy atom. The van der Waals surface area contributed by atoms with Crippen LogP contribution in [0.25, 0.3) is 0 Å². The van der Waals surface area contributed by atoms with Crippen LogP contribution in [0.4, 0.5) is 17.5 Å². The lowest BCUT2D eigenvalue weighted by Crippen LogP contribution is -2.41. The average Bonchev–Trinajstić information content (AvgIpc) is 3.08. The molecule has 0 aliphatic heterocycles. The van der Waals surface area contributed by atoms with Gasteiger partial charge in [0, 0.05) is 31.2 Å². The number of hydrogen-bond acceptors (Lipinski definition) is 5. The third-order valence-electron chi connectivity index (χ3n) is 5.00. The lowest BCUT2D eigenvalue weighted by Gasteiger charge is -2.33. The third kappa shape index (κ3) is 3.40. The predicted molar refractivity (Wildman–Crippen MR) is 104 cm³/mol. The summed E-state index contributed by atoms with van der Waals surface area (Å²) in [5.41, 5.74) is 2.00. The summed E-state index contributed by atoms with van der Waals surface area (Å²) in [6.45, 7) is 1.95. The molecule has 3 aromatic rings. The second-order valence-electron chi connectivity index (χ2n) is 7.07. The highest BCUT2D eigenvalue weighted by molar-refractivity contribution is 5.98. The molecular formula is C20H22N6O. The minimum Gasteiger partial charge on any atom is -0.324 e. The predicted octanol–water partition coefficient (Wildman–Crippen LogP) is 3.19. The molecule has 1 aliphatic rings. The summed E-state index contributed by atoms with van der Waals surface area (Å²) in [6, 6.07) is 11.5. The molecule has 7 heteroatoms. The maximum Gasteiger partial charge on any atom is 0.237 e. The summed E-state index contributed by atoms with van der Waals surface area (Å²) in [5, 5.41) is 10.4. The minimum absolute atomic E-state index is 0.0912. The minimum atomic E-state index is -0.721. The molecule has 1 unspecified atom stereocenters. The smallest absolute Gasteiger partial charge is 0.237 e. The summed E-state index contributed by atoms with van der Waals surface area (Å²) in [7, 11) is 1.82. The number of fused-ring (bicyclic) bond motifs is 1. The van der Waals surface area contributed by atoms with Gasteiger partial charge in [-0.15, -0.1) is 0 Å². The van der Waals surface area contributed by atoms with Crippen LogP contribution in [0.15, 0.2) is 48.8 Å². The van der Waals surface area contributed by atoms with Crippen molar-refractivity contribution in [1.82, 2.24) is 19.7 Å². The fourth-order valence-electron chi connectivity index (χ4n) is 3.49. The molecule has 0 radical (unpaired) electrons. The largest absolute Gasteiger partial charge is 0.324 e. The average molecular weight is 362 g/mol. The second-order valence-corrected chi connectivity index (χ2v) is 7.07. The molecule has 0 saturated heterocycles. The normalized spacial score (nSPS) is 18.6. The molecule has 1 amide bonds. The number of anilines is 3. The Labute approximate surface area is 157 Å². The number of amides is 1. The van der Waals surface area contributed by atoms with Crippen LogP contribution in [-0.2, 0) is 23.7 Å². The highest BCUT2D eigenvalue weighted by Gasteiger charge is 2.41. The zero-order valence-electron chi connectivity index (χ0n) is 15.4. The van der Waals surface area contributed by atoms with Gasteiger partial charge in [-0.2, -0.15) is 5.10 Å². The van der Waals surface area contributed by atoms with Crippen molar-refractivity contribution < 1.29 is 4.79 Å². The first-order valence-corrected chi connectivity index (χ1v) is 9.04. The van der Waals surface area contributed by atoms with E-state index in [1.807, 2.05) is 50.5 Å². The summed E-state index contributed by atoms with van der Waals surface area (Å²) < 4.78 is 1.66. The number of carbonyl (C=O) groups excluding carboxylic acids is 1. The number of benzene rings is 1. The highest BCUT2D eigenvalue weighted by Crippen LogP contribution is 2.37. The van der Waals surface area contributed by atoms with Crippen molar-refractivity contribution in [2.75, 3.05) is 10.6 Å². The first-order valence-electron chi connectivity index (χ1n) is 9.04. The lowest BCUT2D eigenvalue weighted by atomic mass is 9.74. The number of nitrogens with one attached hydrogen (secondary N) is 2. The number of aromatic nitrogens is 4. The van der Waals surface area contributed by atoms with E-state index in [1.54, 1.807) is 16.9 Å². The Bertz CT molecular complexity index is 968. The molecule has 0 fully saturated rings. The van der Waals surface area contributed by atoms with Crippen LogP contribution in [0.2, 0.25) is 0 Å². The molecule has 7 nitrogen and oxygen atoms in total. The summed E-state index contributed by atoms with van der Waals surface area (Å²) in [5.74, 6) is 0.956. The van der Waals surface area contributed by atoms with Crippen LogP contribution in [0.3, 0.4) is 0 Å². The van der Waals surface area contributed by atoms with Gasteiger partial charge < -0.3 is 10.6 Å². The van der Waals surface area contributed by atoms with E-state index in [9.17, 15) is 4.79 Å². The maximum absolute atomic E-state index is 13.1. The van der Waals surface area contributed by atoms with E-state index in [0.29, 0.717) is 11.8 Å². The molecule has 4 rings (SSSR count). The van der Waals surface area contributed by atoms with Gasteiger partial charge in [0.05, 0.1) is 11.1 Å². The quantitative estimate of drug-likeness (QED) is 0.745. The molecule has 0 spiro atoms. The molecule has 2 heterocycles. The van der Waals surface area contributed by atoms with Crippen molar-refractivity contribution in [3.05, 3.63) is 60.0 Å². The molecule has 1 aromatic carbocycles. The Kier molecular flexibility index (Phi) is 4.35. The first-order chi connectivity index (χ1) is 13.0. The van der Waals surface area contributed by atoms with Gasteiger partial charge in [-0.05, 0) is 43.9 Å². The number of rotatable bonds is 4. The summed E-state index contributed by atoms with van der Waals surface area (Å²) in [6.07, 6.45) is 6.18. The Hall–Kier alpha value is -3.22. The van der Waals surface area contributed by atoms with Crippen LogP contribution in [0.1, 0.15) is 31.0 Å². The molecule has 2 aromatic heterocycles. The van der Waals surface area contributed by atoms with Crippen molar-refractivity contribution in [1.29, 1.82) is 0 Å². The molecular weight excluding hydrogens is 340 g/mol. The van der Waals surface area contributed by atoms with E-state index in [4.69, 9.17) is 4.98 Å². The van der Waals surface area contributed by atoms with E-state index < -0.39 is 5.41 Å². The number of para-hydroxylation sites is 1. The fraction of sp³-hybridized carbons (Fsp3) is 0.300. The molecule has 0 bridgehead atoms. The first kappa shape index (κ1) is 17.2. The molecule has 0 saturated carbocycles. The molecule has 1 aliphatic carbocycles. The van der Waals surface area contributed by atoms with Gasteiger partial charge in [0.25, 0.3) is 0 Å². The van der Waals surface area contributed by atoms with Gasteiger partial charge in [-0.3, -0.25) is 9.48 Å². The van der Waals surface area contributed by atoms with E-state index in [-0.39, 0.29) is 5.91 Å². The Balaban J connectivity index is 1.64. The number of hydrogen-bond donors (Lipinski definition) is 2. The molecule has 138 valence electrons. The van der Waals surface area contributed by atoms with Gasteiger partial charge in [-0.1, -0.05) is 18.2 Å². The van der Waals surface area contributed by atoms with E-state index in [1.165, 1.54) is 0 Å². The lowest BCUT2D eigenvalue weighted by molar-refractivity contribution is -0.121. The SMILES string of the molecule is Cn1ccc(NC(=O)C2(C)CCCc3cnc(Nc4ccccc4)nc32)n1. The number of aryl methyl sites for hydroxylation is 2. The van der Waals surface area contributed by atoms with Gasteiger partial charge in [-0.25, -0.2) is 9.97 Å². The third-order valence-corrected chi connectivity index (χ3v) is 5.00. The Morgan fingerprint density at radius 3 is 2.78 bits per heavy atom. The number of nitrogens with zero attached hydrogens (tertiary/aromatic N) is 4.